The van der Waals surface area contributed by atoms with Gasteiger partial charge in [0.2, 0.25) is 15.9 Å². The summed E-state index contributed by atoms with van der Waals surface area (Å²) in [4.78, 5) is 12.2. The van der Waals surface area contributed by atoms with E-state index in [4.69, 9.17) is 4.74 Å². The lowest BCUT2D eigenvalue weighted by Crippen LogP contribution is -2.32. The van der Waals surface area contributed by atoms with E-state index in [-0.39, 0.29) is 18.9 Å². The third kappa shape index (κ3) is 7.09. The number of benzene rings is 2. The van der Waals surface area contributed by atoms with Crippen LogP contribution >= 0.6 is 0 Å². The molecule has 0 saturated heterocycles. The number of hydrogen-bond donors (Lipinski definition) is 1. The van der Waals surface area contributed by atoms with E-state index in [2.05, 4.69) is 5.32 Å². The fourth-order valence-corrected chi connectivity index (χ4v) is 4.01. The second-order valence-corrected chi connectivity index (χ2v) is 8.99. The Bertz CT molecular complexity index is 924. The van der Waals surface area contributed by atoms with Crippen molar-refractivity contribution in [3.8, 4) is 5.75 Å². The predicted octanol–water partition coefficient (Wildman–Crippen LogP) is 3.56. The molecule has 0 heterocycles. The van der Waals surface area contributed by atoms with Crippen LogP contribution in [0.3, 0.4) is 0 Å². The van der Waals surface area contributed by atoms with Crippen LogP contribution in [-0.4, -0.2) is 33.7 Å². The molecule has 0 unspecified atom stereocenters. The first-order valence-electron chi connectivity index (χ1n) is 9.74. The first-order valence-corrected chi connectivity index (χ1v) is 11.6. The lowest BCUT2D eigenvalue weighted by Gasteiger charge is -2.24. The van der Waals surface area contributed by atoms with Gasteiger partial charge in [0, 0.05) is 19.5 Å². The average Bonchev–Trinajstić information content (AvgIpc) is 2.66. The van der Waals surface area contributed by atoms with E-state index in [0.29, 0.717) is 25.3 Å². The van der Waals surface area contributed by atoms with E-state index in [0.717, 1.165) is 22.4 Å². The van der Waals surface area contributed by atoms with Gasteiger partial charge < -0.3 is 10.1 Å². The van der Waals surface area contributed by atoms with Crippen LogP contribution in [-0.2, 0) is 21.4 Å². The van der Waals surface area contributed by atoms with Gasteiger partial charge in [-0.3, -0.25) is 9.10 Å². The molecule has 7 heteroatoms. The maximum atomic E-state index is 12.3. The van der Waals surface area contributed by atoms with Crippen LogP contribution in [0.4, 0.5) is 5.69 Å². The van der Waals surface area contributed by atoms with Gasteiger partial charge in [-0.15, -0.1) is 0 Å². The molecule has 0 spiro atoms. The zero-order valence-electron chi connectivity index (χ0n) is 17.6. The quantitative estimate of drug-likeness (QED) is 0.640. The van der Waals surface area contributed by atoms with Crippen LogP contribution in [0.5, 0.6) is 5.75 Å². The van der Waals surface area contributed by atoms with Crippen molar-refractivity contribution in [2.75, 3.05) is 23.7 Å². The maximum absolute atomic E-state index is 12.3. The molecule has 0 aliphatic rings. The zero-order valence-corrected chi connectivity index (χ0v) is 18.4. The second kappa shape index (κ2) is 10.3. The molecule has 6 nitrogen and oxygen atoms in total. The Morgan fingerprint density at radius 1 is 1.10 bits per heavy atom. The fourth-order valence-electron chi connectivity index (χ4n) is 3.00. The standard InChI is InChI=1S/C22H30N2O4S/c1-5-28-20-12-10-19(11-13-20)16-23-22(25)7-6-14-24(29(4,26)27)21-15-17(2)8-9-18(21)3/h8-13,15H,5-7,14,16H2,1-4H3,(H,23,25). The second-order valence-electron chi connectivity index (χ2n) is 7.08. The van der Waals surface area contributed by atoms with E-state index < -0.39 is 10.0 Å². The van der Waals surface area contributed by atoms with Gasteiger partial charge in [-0.1, -0.05) is 24.3 Å². The van der Waals surface area contributed by atoms with Crippen molar-refractivity contribution in [3.05, 3.63) is 59.2 Å². The Morgan fingerprint density at radius 2 is 1.79 bits per heavy atom. The molecule has 1 amide bonds. The van der Waals surface area contributed by atoms with Crippen LogP contribution in [0.25, 0.3) is 0 Å². The van der Waals surface area contributed by atoms with Gasteiger partial charge in [0.1, 0.15) is 5.75 Å². The van der Waals surface area contributed by atoms with E-state index >= 15 is 0 Å². The molecule has 2 aromatic carbocycles. The largest absolute Gasteiger partial charge is 0.494 e. The molecule has 0 atom stereocenters. The molecule has 0 bridgehead atoms. The molecule has 0 aliphatic heterocycles. The summed E-state index contributed by atoms with van der Waals surface area (Å²) in [7, 11) is -3.43. The summed E-state index contributed by atoms with van der Waals surface area (Å²) in [5.74, 6) is 0.697. The van der Waals surface area contributed by atoms with Crippen LogP contribution in [0.1, 0.15) is 36.5 Å². The maximum Gasteiger partial charge on any atom is 0.232 e. The summed E-state index contributed by atoms with van der Waals surface area (Å²) < 4.78 is 31.3. The van der Waals surface area contributed by atoms with Crippen molar-refractivity contribution in [2.24, 2.45) is 0 Å². The number of sulfonamides is 1. The van der Waals surface area contributed by atoms with Crippen molar-refractivity contribution >= 4 is 21.6 Å². The highest BCUT2D eigenvalue weighted by Gasteiger charge is 2.19. The van der Waals surface area contributed by atoms with Gasteiger partial charge in [0.25, 0.3) is 0 Å². The van der Waals surface area contributed by atoms with Crippen LogP contribution < -0.4 is 14.4 Å². The predicted molar refractivity (Wildman–Crippen MR) is 117 cm³/mol. The SMILES string of the molecule is CCOc1ccc(CNC(=O)CCCN(c2cc(C)ccc2C)S(C)(=O)=O)cc1. The van der Waals surface area contributed by atoms with Crippen molar-refractivity contribution in [2.45, 2.75) is 40.2 Å². The zero-order chi connectivity index (χ0) is 21.4. The lowest BCUT2D eigenvalue weighted by atomic mass is 10.1. The molecule has 0 fully saturated rings. The van der Waals surface area contributed by atoms with Crippen LogP contribution in [0.2, 0.25) is 0 Å². The molecule has 1 N–H and O–H groups in total. The molecule has 0 saturated carbocycles. The number of rotatable bonds is 10. The van der Waals surface area contributed by atoms with Gasteiger partial charge >= 0.3 is 0 Å². The van der Waals surface area contributed by atoms with Crippen molar-refractivity contribution < 1.29 is 17.9 Å². The number of carbonyl (C=O) groups is 1. The Morgan fingerprint density at radius 3 is 2.41 bits per heavy atom. The summed E-state index contributed by atoms with van der Waals surface area (Å²) in [5.41, 5.74) is 3.53. The average molecular weight is 419 g/mol. The molecule has 158 valence electrons. The summed E-state index contributed by atoms with van der Waals surface area (Å²) in [6.07, 6.45) is 1.89. The molecule has 2 rings (SSSR count). The highest BCUT2D eigenvalue weighted by atomic mass is 32.2. The van der Waals surface area contributed by atoms with Gasteiger partial charge in [0.05, 0.1) is 18.6 Å². The summed E-state index contributed by atoms with van der Waals surface area (Å²) in [6.45, 7) is 7.05. The minimum absolute atomic E-state index is 0.103. The number of amides is 1. The van der Waals surface area contributed by atoms with Gasteiger partial charge in [0.15, 0.2) is 0 Å². The van der Waals surface area contributed by atoms with Crippen LogP contribution in [0, 0.1) is 13.8 Å². The van der Waals surface area contributed by atoms with E-state index in [1.54, 1.807) is 0 Å². The molecule has 0 aromatic heterocycles. The molecule has 0 radical (unpaired) electrons. The summed E-state index contributed by atoms with van der Waals surface area (Å²) >= 11 is 0. The molecule has 0 aliphatic carbocycles. The van der Waals surface area contributed by atoms with Gasteiger partial charge in [-0.2, -0.15) is 0 Å². The van der Waals surface area contributed by atoms with Crippen molar-refractivity contribution in [1.82, 2.24) is 5.32 Å². The number of aryl methyl sites for hydroxylation is 2. The first kappa shape index (κ1) is 22.7. The third-order valence-corrected chi connectivity index (χ3v) is 5.70. The smallest absolute Gasteiger partial charge is 0.232 e. The fraction of sp³-hybridized carbons (Fsp3) is 0.409. The highest BCUT2D eigenvalue weighted by molar-refractivity contribution is 7.92. The summed E-state index contributed by atoms with van der Waals surface area (Å²) in [5, 5.41) is 2.88. The minimum Gasteiger partial charge on any atom is -0.494 e. The number of hydrogen-bond acceptors (Lipinski definition) is 4. The van der Waals surface area contributed by atoms with Crippen LogP contribution in [0.15, 0.2) is 42.5 Å². The van der Waals surface area contributed by atoms with E-state index in [9.17, 15) is 13.2 Å². The number of anilines is 1. The monoisotopic (exact) mass is 418 g/mol. The number of carbonyl (C=O) groups excluding carboxylic acids is 1. The molecular formula is C22H30N2O4S. The van der Waals surface area contributed by atoms with E-state index in [1.165, 1.54) is 10.6 Å². The lowest BCUT2D eigenvalue weighted by molar-refractivity contribution is -0.121. The number of ether oxygens (including phenoxy) is 1. The molecule has 29 heavy (non-hydrogen) atoms. The topological polar surface area (TPSA) is 75.7 Å². The van der Waals surface area contributed by atoms with Crippen molar-refractivity contribution in [1.29, 1.82) is 0 Å². The van der Waals surface area contributed by atoms with E-state index in [1.807, 2.05) is 63.2 Å². The Hall–Kier alpha value is -2.54. The van der Waals surface area contributed by atoms with Crippen molar-refractivity contribution in [3.63, 3.8) is 0 Å². The molecular weight excluding hydrogens is 388 g/mol. The summed E-state index contributed by atoms with van der Waals surface area (Å²) in [6, 6.07) is 13.3. The Labute approximate surface area is 173 Å². The first-order chi connectivity index (χ1) is 13.7. The molecule has 2 aromatic rings. The number of nitrogens with zero attached hydrogens (tertiary/aromatic N) is 1. The number of nitrogens with one attached hydrogen (secondary N) is 1. The Balaban J connectivity index is 1.89. The van der Waals surface area contributed by atoms with Gasteiger partial charge in [-0.05, 0) is 62.1 Å². The van der Waals surface area contributed by atoms with Gasteiger partial charge in [-0.25, -0.2) is 8.42 Å². The Kier molecular flexibility index (Phi) is 8.08. The third-order valence-electron chi connectivity index (χ3n) is 4.52. The normalized spacial score (nSPS) is 11.2. The highest BCUT2D eigenvalue weighted by Crippen LogP contribution is 2.24. The minimum atomic E-state index is -3.43.